The number of hydrogen-bond acceptors (Lipinski definition) is 2. The summed E-state index contributed by atoms with van der Waals surface area (Å²) in [5.41, 5.74) is 2.21. The van der Waals surface area contributed by atoms with E-state index in [0.717, 1.165) is 43.4 Å². The number of furan rings is 1. The van der Waals surface area contributed by atoms with Gasteiger partial charge in [-0.3, -0.25) is 0 Å². The number of aliphatic hydroxyl groups is 1. The van der Waals surface area contributed by atoms with Gasteiger partial charge in [0.15, 0.2) is 0 Å². The second-order valence-corrected chi connectivity index (χ2v) is 9.30. The molecular formula is C23H29Cl2O2Y-. The Morgan fingerprint density at radius 1 is 1.14 bits per heavy atom. The predicted molar refractivity (Wildman–Crippen MR) is 111 cm³/mol. The molecule has 1 radical (unpaired) electrons. The fraction of sp³-hybridized carbons (Fsp3) is 0.565. The van der Waals surface area contributed by atoms with Gasteiger partial charge in [-0.15, -0.1) is 29.3 Å². The normalized spacial score (nSPS) is 25.6. The average Bonchev–Trinajstić information content (AvgIpc) is 3.23. The van der Waals surface area contributed by atoms with Gasteiger partial charge in [0.1, 0.15) is 0 Å². The smallest absolute Gasteiger partial charge is 0.0792 e. The van der Waals surface area contributed by atoms with Crippen molar-refractivity contribution in [3.63, 3.8) is 0 Å². The fourth-order valence-corrected chi connectivity index (χ4v) is 5.38. The number of alkyl halides is 2. The molecule has 5 unspecified atom stereocenters. The quantitative estimate of drug-likeness (QED) is 0.334. The summed E-state index contributed by atoms with van der Waals surface area (Å²) in [7, 11) is 0. The van der Waals surface area contributed by atoms with Crippen molar-refractivity contribution in [3.05, 3.63) is 59.5 Å². The number of rotatable bonds is 8. The maximum atomic E-state index is 10.3. The van der Waals surface area contributed by atoms with E-state index >= 15 is 0 Å². The summed E-state index contributed by atoms with van der Waals surface area (Å²) in [6.07, 6.45) is 6.91. The summed E-state index contributed by atoms with van der Waals surface area (Å²) < 4.78 is 5.31. The SMILES string of the molecule is CC(C)CC(O)c1ccc(C2C(Cl)CC(Cl)C2CCCc2cc[c-]o2)cc1.[Y]. The molecular weight excluding hydrogens is 468 g/mol. The number of hydrogen-bond donors (Lipinski definition) is 1. The number of aliphatic hydroxyl groups excluding tert-OH is 1. The first-order valence-corrected chi connectivity index (χ1v) is 10.8. The van der Waals surface area contributed by atoms with Crippen LogP contribution >= 0.6 is 23.2 Å². The van der Waals surface area contributed by atoms with E-state index in [-0.39, 0.29) is 49.4 Å². The molecule has 1 aromatic heterocycles. The maximum absolute atomic E-state index is 10.3. The molecule has 1 fully saturated rings. The van der Waals surface area contributed by atoms with E-state index in [1.165, 1.54) is 5.56 Å². The molecule has 1 aromatic carbocycles. The molecule has 2 nitrogen and oxygen atoms in total. The molecule has 0 bridgehead atoms. The molecule has 1 aliphatic rings. The monoisotopic (exact) mass is 496 g/mol. The van der Waals surface area contributed by atoms with Crippen molar-refractivity contribution in [1.82, 2.24) is 0 Å². The van der Waals surface area contributed by atoms with Crippen molar-refractivity contribution in [2.75, 3.05) is 0 Å². The van der Waals surface area contributed by atoms with Crippen LogP contribution in [-0.4, -0.2) is 15.9 Å². The van der Waals surface area contributed by atoms with Crippen LogP contribution in [0.15, 0.2) is 40.8 Å². The molecule has 3 rings (SSSR count). The van der Waals surface area contributed by atoms with Gasteiger partial charge in [0.2, 0.25) is 0 Å². The Morgan fingerprint density at radius 3 is 2.46 bits per heavy atom. The zero-order chi connectivity index (χ0) is 19.4. The molecule has 1 N–H and O–H groups in total. The van der Waals surface area contributed by atoms with Crippen LogP contribution in [-0.2, 0) is 39.1 Å². The molecule has 0 aliphatic heterocycles. The first-order chi connectivity index (χ1) is 13.0. The van der Waals surface area contributed by atoms with Crippen LogP contribution in [0.5, 0.6) is 0 Å². The molecule has 5 atom stereocenters. The van der Waals surface area contributed by atoms with Gasteiger partial charge in [0.05, 0.1) is 6.10 Å². The minimum absolute atomic E-state index is 0. The summed E-state index contributed by atoms with van der Waals surface area (Å²) in [6.45, 7) is 4.25. The maximum Gasteiger partial charge on any atom is 0.0792 e. The summed E-state index contributed by atoms with van der Waals surface area (Å²) in [4.78, 5) is 0. The largest absolute Gasteiger partial charge is 0.596 e. The molecule has 5 heteroatoms. The summed E-state index contributed by atoms with van der Waals surface area (Å²) >= 11 is 13.4. The van der Waals surface area contributed by atoms with E-state index in [4.69, 9.17) is 27.6 Å². The molecule has 1 aliphatic carbocycles. The van der Waals surface area contributed by atoms with Crippen LogP contribution in [0, 0.1) is 18.1 Å². The third kappa shape index (κ3) is 6.32. The zero-order valence-electron chi connectivity index (χ0n) is 16.7. The second kappa shape index (κ2) is 11.5. The van der Waals surface area contributed by atoms with Gasteiger partial charge in [-0.05, 0) is 48.5 Å². The number of benzene rings is 1. The number of aryl methyl sites for hydroxylation is 1. The minimum Gasteiger partial charge on any atom is -0.596 e. The first-order valence-electron chi connectivity index (χ1n) is 9.96. The van der Waals surface area contributed by atoms with Crippen LogP contribution < -0.4 is 0 Å². The van der Waals surface area contributed by atoms with Crippen molar-refractivity contribution in [1.29, 1.82) is 0 Å². The Hall–Kier alpha value is 0.144. The average molecular weight is 497 g/mol. The van der Waals surface area contributed by atoms with Gasteiger partial charge in [0.25, 0.3) is 0 Å². The fourth-order valence-electron chi connectivity index (χ4n) is 4.29. The van der Waals surface area contributed by atoms with Gasteiger partial charge in [-0.25, -0.2) is 0 Å². The Balaban J connectivity index is 0.00000280. The molecule has 0 saturated heterocycles. The second-order valence-electron chi connectivity index (χ2n) is 8.18. The topological polar surface area (TPSA) is 33.4 Å². The van der Waals surface area contributed by atoms with Gasteiger partial charge >= 0.3 is 0 Å². The van der Waals surface area contributed by atoms with Crippen molar-refractivity contribution < 1.29 is 42.2 Å². The van der Waals surface area contributed by atoms with E-state index in [9.17, 15) is 5.11 Å². The molecule has 1 saturated carbocycles. The Labute approximate surface area is 204 Å². The van der Waals surface area contributed by atoms with E-state index in [0.29, 0.717) is 11.8 Å². The molecule has 151 valence electrons. The van der Waals surface area contributed by atoms with Crippen LogP contribution in [0.1, 0.15) is 68.4 Å². The van der Waals surface area contributed by atoms with E-state index in [1.807, 2.05) is 24.3 Å². The molecule has 2 aromatic rings. The van der Waals surface area contributed by atoms with Gasteiger partial charge in [-0.1, -0.05) is 56.7 Å². The van der Waals surface area contributed by atoms with Crippen molar-refractivity contribution in [2.45, 2.75) is 68.7 Å². The zero-order valence-corrected chi connectivity index (χ0v) is 21.0. The minimum atomic E-state index is -0.406. The number of halogens is 2. The van der Waals surface area contributed by atoms with Crippen LogP contribution in [0.2, 0.25) is 0 Å². The third-order valence-electron chi connectivity index (χ3n) is 5.65. The Morgan fingerprint density at radius 2 is 1.86 bits per heavy atom. The summed E-state index contributed by atoms with van der Waals surface area (Å²) in [5.74, 6) is 2.06. The Kier molecular flexibility index (Phi) is 10.0. The molecule has 1 heterocycles. The predicted octanol–water partition coefficient (Wildman–Crippen LogP) is 6.50. The standard InChI is InChI=1S/C23H29Cl2O2.Y/c1-15(2)13-22(26)16-8-10-17(11-9-16)23-19(20(24)14-21(23)25)7-3-5-18-6-4-12-27-18;/h4,6,8-11,15,19-23,26H,3,5,7,13-14H2,1-2H3;/q-1;. The van der Waals surface area contributed by atoms with E-state index < -0.39 is 6.10 Å². The third-order valence-corrected chi connectivity index (χ3v) is 6.61. The van der Waals surface area contributed by atoms with Gasteiger partial charge in [0, 0.05) is 49.4 Å². The first kappa shape index (κ1) is 24.4. The molecule has 28 heavy (non-hydrogen) atoms. The van der Waals surface area contributed by atoms with Crippen LogP contribution in [0.3, 0.4) is 0 Å². The summed E-state index contributed by atoms with van der Waals surface area (Å²) in [6, 6.07) is 12.1. The Bertz CT molecular complexity index is 687. The van der Waals surface area contributed by atoms with E-state index in [2.05, 4.69) is 32.2 Å². The van der Waals surface area contributed by atoms with Crippen molar-refractivity contribution >= 4 is 23.2 Å². The molecule has 0 amide bonds. The van der Waals surface area contributed by atoms with Crippen molar-refractivity contribution in [3.8, 4) is 0 Å². The van der Waals surface area contributed by atoms with Crippen LogP contribution in [0.25, 0.3) is 0 Å². The summed E-state index contributed by atoms with van der Waals surface area (Å²) in [5, 5.41) is 10.5. The molecule has 0 spiro atoms. The van der Waals surface area contributed by atoms with E-state index in [1.54, 1.807) is 0 Å². The van der Waals surface area contributed by atoms with Crippen LogP contribution in [0.4, 0.5) is 0 Å². The van der Waals surface area contributed by atoms with Gasteiger partial charge < -0.3 is 9.52 Å². The van der Waals surface area contributed by atoms with Gasteiger partial charge in [-0.2, -0.15) is 6.07 Å². The van der Waals surface area contributed by atoms with Crippen molar-refractivity contribution in [2.24, 2.45) is 11.8 Å².